The van der Waals surface area contributed by atoms with Gasteiger partial charge in [-0.2, -0.15) is 0 Å². The van der Waals surface area contributed by atoms with Gasteiger partial charge in [0.25, 0.3) is 23.6 Å². The van der Waals surface area contributed by atoms with Crippen molar-refractivity contribution in [2.45, 2.75) is 242 Å². The number of thioether (sulfide) groups is 2. The molecule has 2 aliphatic heterocycles. The maximum absolute atomic E-state index is 15.9. The van der Waals surface area contributed by atoms with Crippen LogP contribution in [0.1, 0.15) is 252 Å². The zero-order valence-electron chi connectivity index (χ0n) is 57.5. The summed E-state index contributed by atoms with van der Waals surface area (Å²) in [5.74, 6) is 6.02. The van der Waals surface area contributed by atoms with Gasteiger partial charge in [0.2, 0.25) is 0 Å². The molecule has 88 heavy (non-hydrogen) atoms. The molecule has 0 spiro atoms. The average Bonchev–Trinajstić information content (AvgIpc) is 0.700. The number of hydrogen-bond donors (Lipinski definition) is 0. The van der Waals surface area contributed by atoms with Crippen molar-refractivity contribution in [2.24, 2.45) is 0 Å². The van der Waals surface area contributed by atoms with Crippen LogP contribution in [0.25, 0.3) is 10.8 Å². The first-order chi connectivity index (χ1) is 40.7. The fourth-order valence-corrected chi connectivity index (χ4v) is 26.4. The molecule has 6 nitrogen and oxygen atoms in total. The molecule has 0 saturated carbocycles. The van der Waals surface area contributed by atoms with Crippen molar-refractivity contribution in [1.82, 2.24) is 0 Å². The molecule has 8 rings (SSSR count). The predicted octanol–water partition coefficient (Wildman–Crippen LogP) is 21.4. The van der Waals surface area contributed by atoms with Crippen LogP contribution in [0.2, 0.25) is 33.2 Å². The fraction of sp³-hybridized carbons (Fsp3) is 0.462. The average molecular weight is 1250 g/mol. The van der Waals surface area contributed by atoms with Crippen LogP contribution in [0, 0.1) is 22.9 Å². The van der Waals surface area contributed by atoms with Gasteiger partial charge in [-0.1, -0.05) is 214 Å². The van der Waals surface area contributed by atoms with E-state index in [0.29, 0.717) is 87.8 Å². The van der Waals surface area contributed by atoms with Crippen LogP contribution in [0.5, 0.6) is 0 Å². The van der Waals surface area contributed by atoms with Crippen LogP contribution in [0.3, 0.4) is 0 Å². The summed E-state index contributed by atoms with van der Waals surface area (Å²) in [6.45, 7) is 54.3. The molecule has 0 fully saturated rings. The molecule has 0 aromatic heterocycles. The third-order valence-corrected chi connectivity index (χ3v) is 33.9. The Morgan fingerprint density at radius 3 is 0.875 bits per heavy atom. The lowest BCUT2D eigenvalue weighted by atomic mass is 9.80. The lowest BCUT2D eigenvalue weighted by Crippen LogP contribution is -2.44. The second-order valence-corrected chi connectivity index (χ2v) is 44.2. The third-order valence-electron chi connectivity index (χ3n) is 19.1. The second kappa shape index (κ2) is 25.1. The highest BCUT2D eigenvalue weighted by Crippen LogP contribution is 2.49. The Hall–Kier alpha value is -5.89. The van der Waals surface area contributed by atoms with E-state index in [1.54, 1.807) is 0 Å². The van der Waals surface area contributed by atoms with Gasteiger partial charge in [0, 0.05) is 43.2 Å². The Morgan fingerprint density at radius 2 is 0.636 bits per heavy atom. The summed E-state index contributed by atoms with van der Waals surface area (Å²) in [6, 6.07) is 32.3. The first-order valence-corrected chi connectivity index (χ1v) is 38.5. The highest BCUT2D eigenvalue weighted by atomic mass is 32.2. The van der Waals surface area contributed by atoms with Gasteiger partial charge in [-0.15, -0.1) is 34.6 Å². The van der Waals surface area contributed by atoms with Gasteiger partial charge in [-0.3, -0.25) is 19.2 Å². The van der Waals surface area contributed by atoms with E-state index in [1.165, 1.54) is 55.6 Å². The molecule has 0 atom stereocenters. The van der Waals surface area contributed by atoms with Crippen LogP contribution in [0.15, 0.2) is 107 Å². The zero-order valence-corrected chi connectivity index (χ0v) is 61.1. The van der Waals surface area contributed by atoms with Crippen molar-refractivity contribution in [3.05, 3.63) is 164 Å². The second-order valence-electron chi connectivity index (χ2n) is 31.0. The fourth-order valence-electron chi connectivity index (χ4n) is 13.9. The molecule has 464 valence electrons. The minimum absolute atomic E-state index is 0.138. The summed E-state index contributed by atoms with van der Waals surface area (Å²) in [4.78, 5) is 67.1. The molecule has 0 bridgehead atoms. The number of amides is 4. The van der Waals surface area contributed by atoms with Gasteiger partial charge in [0.1, 0.15) is 16.1 Å². The van der Waals surface area contributed by atoms with Crippen molar-refractivity contribution in [2.75, 3.05) is 9.80 Å². The van der Waals surface area contributed by atoms with E-state index < -0.39 is 39.8 Å². The Labute approximate surface area is 540 Å². The summed E-state index contributed by atoms with van der Waals surface area (Å²) in [7, 11) is -4.13. The molecule has 0 saturated heterocycles. The summed E-state index contributed by atoms with van der Waals surface area (Å²) >= 11 is 2.98. The van der Waals surface area contributed by atoms with E-state index in [0.717, 1.165) is 22.3 Å². The SMILES string of the molecule is CC(C)[Si](C#Cc1ccc(N2C(=O)c3cc(SCc4cc(C(C)(C)C)cc(C(C)(C)C)c4)c4c5c(cc(SCc6cc(C(C)(C)C)cc(C(C)(C)C)c6)c(c35)C2=O)C(=O)N(c2ccc(C#C[Si](C(C)C)(C(C)C)C(C)C)cc2)C4=O)cc1)(C(C)C)C(C)C. The number of imide groups is 2. The van der Waals surface area contributed by atoms with Crippen molar-refractivity contribution >= 4 is 85.4 Å². The van der Waals surface area contributed by atoms with Crippen LogP contribution in [0.4, 0.5) is 11.4 Å². The molecular formula is C78H98N2O4S2Si2. The molecule has 0 unspecified atom stereocenters. The number of rotatable bonds is 14. The van der Waals surface area contributed by atoms with Crippen LogP contribution in [-0.2, 0) is 33.2 Å². The molecule has 6 aromatic carbocycles. The molecule has 10 heteroatoms. The van der Waals surface area contributed by atoms with E-state index in [9.17, 15) is 0 Å². The molecule has 4 amide bonds. The first kappa shape index (κ1) is 68.0. The largest absolute Gasteiger partial charge is 0.268 e. The van der Waals surface area contributed by atoms with Crippen molar-refractivity contribution in [1.29, 1.82) is 0 Å². The number of nitrogens with zero attached hydrogens (tertiary/aromatic N) is 2. The van der Waals surface area contributed by atoms with Crippen LogP contribution >= 0.6 is 23.5 Å². The summed E-state index contributed by atoms with van der Waals surface area (Å²) in [5.41, 5.74) is 20.5. The predicted molar refractivity (Wildman–Crippen MR) is 382 cm³/mol. The number of hydrogen-bond acceptors (Lipinski definition) is 6. The normalized spacial score (nSPS) is 14.3. The van der Waals surface area contributed by atoms with Crippen molar-refractivity contribution in [3.63, 3.8) is 0 Å². The molecule has 2 heterocycles. The number of carbonyl (C=O) groups excluding carboxylic acids is 4. The minimum atomic E-state index is -2.07. The Kier molecular flexibility index (Phi) is 19.4. The molecule has 6 aromatic rings. The summed E-state index contributed by atoms with van der Waals surface area (Å²) in [6.07, 6.45) is 0. The zero-order chi connectivity index (χ0) is 65.3. The van der Waals surface area contributed by atoms with Gasteiger partial charge in [0.05, 0.1) is 33.6 Å². The maximum Gasteiger partial charge on any atom is 0.267 e. The van der Waals surface area contributed by atoms with E-state index in [1.807, 2.05) is 60.7 Å². The van der Waals surface area contributed by atoms with E-state index in [4.69, 9.17) is 0 Å². The molecular weight excluding hydrogens is 1150 g/mol. The van der Waals surface area contributed by atoms with Crippen molar-refractivity contribution in [3.8, 4) is 22.9 Å². The highest BCUT2D eigenvalue weighted by molar-refractivity contribution is 7.99. The standard InChI is InChI=1S/C78H98N2O4S2Si2/c1-47(2)87(48(3)4,49(5)6)35-33-53-25-29-61(30-26-53)79-71(81)63-43-66(86-46-56-39-59(77(19,20)21)42-60(40-56)78(22,23)24)70-68-64(72(82)80(74(70)84)62-31-27-54(28-32-62)34-36-88(50(7)8,51(9)10)52(11)12)44-65(69(67(63)68)73(79)83)85-45-55-37-57(75(13,14)15)41-58(38-55)76(16,17)18/h25-32,37-44,47-52H,45-46H2,1-24H3. The quantitative estimate of drug-likeness (QED) is 0.0468. The smallest absolute Gasteiger partial charge is 0.267 e. The topological polar surface area (TPSA) is 74.8 Å². The van der Waals surface area contributed by atoms with Gasteiger partial charge < -0.3 is 0 Å². The molecule has 0 radical (unpaired) electrons. The first-order valence-electron chi connectivity index (χ1n) is 32.0. The monoisotopic (exact) mass is 1250 g/mol. The lowest BCUT2D eigenvalue weighted by molar-refractivity contribution is 0.0870. The Morgan fingerprint density at radius 1 is 0.375 bits per heavy atom. The molecule has 0 aliphatic carbocycles. The van der Waals surface area contributed by atoms with Gasteiger partial charge in [-0.05, 0) is 149 Å². The van der Waals surface area contributed by atoms with Crippen molar-refractivity contribution < 1.29 is 19.2 Å². The third kappa shape index (κ3) is 13.0. The van der Waals surface area contributed by atoms with Gasteiger partial charge >= 0.3 is 0 Å². The van der Waals surface area contributed by atoms with Gasteiger partial charge in [-0.25, -0.2) is 9.80 Å². The Bertz CT molecular complexity index is 3490. The summed E-state index contributed by atoms with van der Waals surface area (Å²) < 4.78 is 0. The van der Waals surface area contributed by atoms with Crippen LogP contribution in [-0.4, -0.2) is 39.8 Å². The molecule has 0 N–H and O–H groups in total. The number of anilines is 2. The van der Waals surface area contributed by atoms with Crippen LogP contribution < -0.4 is 9.80 Å². The van der Waals surface area contributed by atoms with E-state index in [2.05, 4.69) is 225 Å². The lowest BCUT2D eigenvalue weighted by Gasteiger charge is -2.38. The van der Waals surface area contributed by atoms with E-state index >= 15 is 19.2 Å². The highest BCUT2D eigenvalue weighted by Gasteiger charge is 2.46. The number of carbonyl (C=O) groups is 4. The molecule has 2 aliphatic rings. The minimum Gasteiger partial charge on any atom is -0.268 e. The maximum atomic E-state index is 15.9. The summed E-state index contributed by atoms with van der Waals surface area (Å²) in [5, 5.41) is 0.684. The van der Waals surface area contributed by atoms with Gasteiger partial charge in [0.15, 0.2) is 0 Å². The Balaban J connectivity index is 1.37. The van der Waals surface area contributed by atoms with E-state index in [-0.39, 0.29) is 32.8 Å². The number of benzene rings is 6.